The maximum Gasteiger partial charge on any atom is 0.255 e. The zero-order chi connectivity index (χ0) is 17.1. The molecule has 0 bridgehead atoms. The molecule has 4 heteroatoms. The molecule has 1 fully saturated rings. The number of anilines is 1. The highest BCUT2D eigenvalue weighted by atomic mass is 16.2. The van der Waals surface area contributed by atoms with E-state index < -0.39 is 0 Å². The summed E-state index contributed by atoms with van der Waals surface area (Å²) < 4.78 is 0. The number of benzene rings is 2. The number of carbonyl (C=O) groups is 2. The Hall–Kier alpha value is -2.62. The molecule has 2 N–H and O–H groups in total. The van der Waals surface area contributed by atoms with Gasteiger partial charge in [-0.05, 0) is 55.5 Å². The predicted octanol–water partition coefficient (Wildman–Crippen LogP) is 3.70. The molecule has 2 aromatic carbocycles. The Morgan fingerprint density at radius 1 is 1.04 bits per heavy atom. The topological polar surface area (TPSA) is 58.2 Å². The number of rotatable bonds is 5. The molecule has 0 heterocycles. The number of carbonyl (C=O) groups excluding carboxylic acids is 2. The predicted molar refractivity (Wildman–Crippen MR) is 95.4 cm³/mol. The fourth-order valence-corrected chi connectivity index (χ4v) is 2.69. The van der Waals surface area contributed by atoms with E-state index in [1.165, 1.54) is 0 Å². The summed E-state index contributed by atoms with van der Waals surface area (Å²) in [6.45, 7) is 4.04. The summed E-state index contributed by atoms with van der Waals surface area (Å²) in [5, 5.41) is 5.94. The molecule has 0 atom stereocenters. The number of para-hydroxylation sites is 1. The van der Waals surface area contributed by atoms with E-state index in [0.717, 1.165) is 36.1 Å². The molecule has 24 heavy (non-hydrogen) atoms. The van der Waals surface area contributed by atoms with Crippen molar-refractivity contribution in [2.24, 2.45) is 0 Å². The Balaban J connectivity index is 1.79. The van der Waals surface area contributed by atoms with E-state index in [9.17, 15) is 9.59 Å². The van der Waals surface area contributed by atoms with E-state index in [2.05, 4.69) is 17.6 Å². The highest BCUT2D eigenvalue weighted by Crippen LogP contribution is 2.22. The van der Waals surface area contributed by atoms with Crippen molar-refractivity contribution in [3.63, 3.8) is 0 Å². The molecule has 1 saturated carbocycles. The third-order valence-electron chi connectivity index (χ3n) is 4.28. The summed E-state index contributed by atoms with van der Waals surface area (Å²) in [6.07, 6.45) is 2.93. The zero-order valence-electron chi connectivity index (χ0n) is 14.1. The monoisotopic (exact) mass is 322 g/mol. The quantitative estimate of drug-likeness (QED) is 0.882. The van der Waals surface area contributed by atoms with Crippen LogP contribution in [0.4, 0.5) is 5.69 Å². The number of hydrogen-bond acceptors (Lipinski definition) is 2. The molecule has 1 aliphatic rings. The van der Waals surface area contributed by atoms with Gasteiger partial charge in [-0.2, -0.15) is 0 Å². The van der Waals surface area contributed by atoms with Crippen LogP contribution in [0.15, 0.2) is 42.5 Å². The third kappa shape index (κ3) is 3.65. The SMILES string of the molecule is CCc1cccc(C)c1NC(=O)c1cccc(C(=O)NC2CC2)c1. The van der Waals surface area contributed by atoms with E-state index in [0.29, 0.717) is 17.2 Å². The lowest BCUT2D eigenvalue weighted by Crippen LogP contribution is -2.25. The van der Waals surface area contributed by atoms with Crippen LogP contribution in [-0.2, 0) is 6.42 Å². The van der Waals surface area contributed by atoms with Gasteiger partial charge in [0.05, 0.1) is 0 Å². The Morgan fingerprint density at radius 2 is 1.71 bits per heavy atom. The van der Waals surface area contributed by atoms with E-state index in [4.69, 9.17) is 0 Å². The highest BCUT2D eigenvalue weighted by Gasteiger charge is 2.24. The van der Waals surface area contributed by atoms with Crippen LogP contribution in [0.5, 0.6) is 0 Å². The first-order valence-corrected chi connectivity index (χ1v) is 8.39. The van der Waals surface area contributed by atoms with Crippen molar-refractivity contribution >= 4 is 17.5 Å². The summed E-state index contributed by atoms with van der Waals surface area (Å²) in [5.41, 5.74) is 4.01. The van der Waals surface area contributed by atoms with Crippen molar-refractivity contribution in [2.45, 2.75) is 39.2 Å². The lowest BCUT2D eigenvalue weighted by Gasteiger charge is -2.13. The van der Waals surface area contributed by atoms with Crippen molar-refractivity contribution in [3.8, 4) is 0 Å². The van der Waals surface area contributed by atoms with Crippen LogP contribution in [0.2, 0.25) is 0 Å². The molecule has 0 unspecified atom stereocenters. The number of hydrogen-bond donors (Lipinski definition) is 2. The molecule has 0 aromatic heterocycles. The minimum atomic E-state index is -0.194. The number of amides is 2. The number of nitrogens with one attached hydrogen (secondary N) is 2. The minimum Gasteiger partial charge on any atom is -0.349 e. The van der Waals surface area contributed by atoms with Gasteiger partial charge < -0.3 is 10.6 Å². The van der Waals surface area contributed by atoms with Crippen molar-refractivity contribution in [3.05, 3.63) is 64.7 Å². The van der Waals surface area contributed by atoms with Gasteiger partial charge in [0, 0.05) is 22.9 Å². The van der Waals surface area contributed by atoms with Crippen LogP contribution >= 0.6 is 0 Å². The van der Waals surface area contributed by atoms with Crippen LogP contribution in [0.3, 0.4) is 0 Å². The molecule has 0 saturated heterocycles. The normalized spacial score (nSPS) is 13.4. The zero-order valence-corrected chi connectivity index (χ0v) is 14.1. The Kier molecular flexibility index (Phi) is 4.65. The van der Waals surface area contributed by atoms with Crippen molar-refractivity contribution in [2.75, 3.05) is 5.32 Å². The standard InChI is InChI=1S/C20H22N2O2/c1-3-14-7-4-6-13(2)18(14)22-20(24)16-9-5-8-15(12-16)19(23)21-17-10-11-17/h4-9,12,17H,3,10-11H2,1-2H3,(H,21,23)(H,22,24). The van der Waals surface area contributed by atoms with E-state index in [-0.39, 0.29) is 11.8 Å². The summed E-state index contributed by atoms with van der Waals surface area (Å²) >= 11 is 0. The first-order chi connectivity index (χ1) is 11.6. The Morgan fingerprint density at radius 3 is 2.38 bits per heavy atom. The molecule has 0 radical (unpaired) electrons. The number of aryl methyl sites for hydroxylation is 2. The van der Waals surface area contributed by atoms with Gasteiger partial charge in [0.2, 0.25) is 0 Å². The van der Waals surface area contributed by atoms with E-state index in [1.54, 1.807) is 24.3 Å². The lowest BCUT2D eigenvalue weighted by atomic mass is 10.0. The summed E-state index contributed by atoms with van der Waals surface area (Å²) in [6, 6.07) is 13.1. The van der Waals surface area contributed by atoms with Gasteiger partial charge in [-0.1, -0.05) is 31.2 Å². The second-order valence-corrected chi connectivity index (χ2v) is 6.25. The first kappa shape index (κ1) is 16.2. The van der Waals surface area contributed by atoms with Crippen LogP contribution in [0.1, 0.15) is 51.6 Å². The molecule has 0 spiro atoms. The van der Waals surface area contributed by atoms with Crippen molar-refractivity contribution < 1.29 is 9.59 Å². The average Bonchev–Trinajstić information content (AvgIpc) is 3.40. The Labute approximate surface area is 142 Å². The van der Waals surface area contributed by atoms with Crippen LogP contribution in [0, 0.1) is 6.92 Å². The van der Waals surface area contributed by atoms with Crippen molar-refractivity contribution in [1.29, 1.82) is 0 Å². The van der Waals surface area contributed by atoms with Gasteiger partial charge >= 0.3 is 0 Å². The summed E-state index contributed by atoms with van der Waals surface area (Å²) in [7, 11) is 0. The molecule has 4 nitrogen and oxygen atoms in total. The first-order valence-electron chi connectivity index (χ1n) is 8.39. The van der Waals surface area contributed by atoms with E-state index >= 15 is 0 Å². The molecule has 2 amide bonds. The maximum absolute atomic E-state index is 12.6. The largest absolute Gasteiger partial charge is 0.349 e. The molecule has 2 aromatic rings. The summed E-state index contributed by atoms with van der Waals surface area (Å²) in [5.74, 6) is -0.308. The smallest absolute Gasteiger partial charge is 0.255 e. The second-order valence-electron chi connectivity index (χ2n) is 6.25. The molecular formula is C20H22N2O2. The van der Waals surface area contributed by atoms with E-state index in [1.807, 2.05) is 25.1 Å². The fourth-order valence-electron chi connectivity index (χ4n) is 2.69. The van der Waals surface area contributed by atoms with Crippen LogP contribution in [-0.4, -0.2) is 17.9 Å². The molecule has 3 rings (SSSR count). The highest BCUT2D eigenvalue weighted by molar-refractivity contribution is 6.06. The molecular weight excluding hydrogens is 300 g/mol. The van der Waals surface area contributed by atoms with Gasteiger partial charge in [0.1, 0.15) is 0 Å². The molecule has 124 valence electrons. The minimum absolute atomic E-state index is 0.114. The van der Waals surface area contributed by atoms with Gasteiger partial charge in [-0.3, -0.25) is 9.59 Å². The summed E-state index contributed by atoms with van der Waals surface area (Å²) in [4.78, 5) is 24.7. The van der Waals surface area contributed by atoms with Crippen LogP contribution in [0.25, 0.3) is 0 Å². The average molecular weight is 322 g/mol. The second kappa shape index (κ2) is 6.87. The van der Waals surface area contributed by atoms with Gasteiger partial charge in [0.15, 0.2) is 0 Å². The maximum atomic E-state index is 12.6. The third-order valence-corrected chi connectivity index (χ3v) is 4.28. The van der Waals surface area contributed by atoms with Crippen LogP contribution < -0.4 is 10.6 Å². The fraction of sp³-hybridized carbons (Fsp3) is 0.300. The lowest BCUT2D eigenvalue weighted by molar-refractivity contribution is 0.0951. The Bertz CT molecular complexity index is 779. The van der Waals surface area contributed by atoms with Gasteiger partial charge in [-0.25, -0.2) is 0 Å². The molecule has 1 aliphatic carbocycles. The van der Waals surface area contributed by atoms with Crippen molar-refractivity contribution in [1.82, 2.24) is 5.32 Å². The van der Waals surface area contributed by atoms with Gasteiger partial charge in [0.25, 0.3) is 11.8 Å². The van der Waals surface area contributed by atoms with Gasteiger partial charge in [-0.15, -0.1) is 0 Å². The molecule has 0 aliphatic heterocycles.